The fourth-order valence-electron chi connectivity index (χ4n) is 3.46. The summed E-state index contributed by atoms with van der Waals surface area (Å²) in [4.78, 5) is 16.5. The number of aromatic carboxylic acids is 1. The summed E-state index contributed by atoms with van der Waals surface area (Å²) in [5.41, 5.74) is 3.12. The van der Waals surface area contributed by atoms with Crippen molar-refractivity contribution in [2.75, 3.05) is 11.9 Å². The molecule has 0 saturated carbocycles. The number of rotatable bonds is 2. The Morgan fingerprint density at radius 3 is 2.73 bits per heavy atom. The van der Waals surface area contributed by atoms with Crippen LogP contribution >= 0.6 is 34.8 Å². The minimum absolute atomic E-state index is 0.146. The summed E-state index contributed by atoms with van der Waals surface area (Å²) < 4.78 is 1.87. The molecule has 1 aliphatic heterocycles. The summed E-state index contributed by atoms with van der Waals surface area (Å²) in [6.45, 7) is 3.33. The van der Waals surface area contributed by atoms with Crippen LogP contribution in [0.2, 0.25) is 15.1 Å². The van der Waals surface area contributed by atoms with Crippen LogP contribution in [0, 0.1) is 6.92 Å². The first-order valence-electron chi connectivity index (χ1n) is 8.04. The lowest BCUT2D eigenvalue weighted by Gasteiger charge is -2.17. The minimum atomic E-state index is -1.04. The molecule has 134 valence electrons. The number of hydrogen-bond acceptors (Lipinski definition) is 3. The molecular weight excluding hydrogens is 397 g/mol. The highest BCUT2D eigenvalue weighted by atomic mass is 35.5. The molecule has 1 aliphatic rings. The molecule has 0 atom stereocenters. The van der Waals surface area contributed by atoms with Crippen molar-refractivity contribution in [3.05, 3.63) is 44.4 Å². The predicted octanol–water partition coefficient (Wildman–Crippen LogP) is 5.49. The monoisotopic (exact) mass is 409 g/mol. The molecule has 0 aliphatic carbocycles. The second-order valence-corrected chi connectivity index (χ2v) is 7.46. The molecule has 0 radical (unpaired) electrons. The Hall–Kier alpha value is -1.95. The highest BCUT2D eigenvalue weighted by molar-refractivity contribution is 6.41. The van der Waals surface area contributed by atoms with Crippen molar-refractivity contribution < 1.29 is 9.90 Å². The molecule has 4 rings (SSSR count). The van der Waals surface area contributed by atoms with E-state index in [2.05, 4.69) is 10.3 Å². The third-order valence-electron chi connectivity index (χ3n) is 4.55. The lowest BCUT2D eigenvalue weighted by atomic mass is 9.97. The van der Waals surface area contributed by atoms with E-state index in [1.807, 2.05) is 11.5 Å². The van der Waals surface area contributed by atoms with Gasteiger partial charge >= 0.3 is 5.97 Å². The number of anilines is 1. The van der Waals surface area contributed by atoms with Gasteiger partial charge in [0, 0.05) is 29.2 Å². The van der Waals surface area contributed by atoms with Gasteiger partial charge < -0.3 is 15.0 Å². The Labute approximate surface area is 164 Å². The standard InChI is InChI=1S/C18H14Cl3N3O2/c1-8-5-9(19)6-12(20)13(8)10-7-11(17(25)26)16-15(14(10)21)23-18-22-3-2-4-24(16)18/h5-7H,2-4H2,1H3,(H,22,23)(H,25,26). The summed E-state index contributed by atoms with van der Waals surface area (Å²) in [5, 5.41) is 14.3. The van der Waals surface area contributed by atoms with Crippen LogP contribution in [0.1, 0.15) is 22.3 Å². The zero-order chi connectivity index (χ0) is 18.6. The molecule has 0 fully saturated rings. The van der Waals surface area contributed by atoms with Crippen molar-refractivity contribution in [2.45, 2.75) is 19.9 Å². The van der Waals surface area contributed by atoms with Gasteiger partial charge in [-0.3, -0.25) is 0 Å². The van der Waals surface area contributed by atoms with E-state index in [-0.39, 0.29) is 5.56 Å². The quantitative estimate of drug-likeness (QED) is 0.586. The van der Waals surface area contributed by atoms with Crippen LogP contribution in [0.15, 0.2) is 18.2 Å². The van der Waals surface area contributed by atoms with Gasteiger partial charge in [0.1, 0.15) is 5.52 Å². The molecule has 0 bridgehead atoms. The van der Waals surface area contributed by atoms with Crippen LogP contribution in [0.5, 0.6) is 0 Å². The molecule has 5 nitrogen and oxygen atoms in total. The Balaban J connectivity index is 2.10. The second kappa shape index (κ2) is 6.34. The van der Waals surface area contributed by atoms with Crippen LogP contribution in [0.4, 0.5) is 5.95 Å². The fraction of sp³-hybridized carbons (Fsp3) is 0.222. The first-order valence-corrected chi connectivity index (χ1v) is 9.17. The maximum absolute atomic E-state index is 12.0. The Kier molecular flexibility index (Phi) is 4.26. The van der Waals surface area contributed by atoms with Crippen LogP contribution in [-0.4, -0.2) is 27.2 Å². The van der Waals surface area contributed by atoms with Gasteiger partial charge in [-0.1, -0.05) is 34.8 Å². The number of hydrogen-bond donors (Lipinski definition) is 2. The number of imidazole rings is 1. The van der Waals surface area contributed by atoms with Gasteiger partial charge in [-0.2, -0.15) is 0 Å². The third-order valence-corrected chi connectivity index (χ3v) is 5.45. The highest BCUT2D eigenvalue weighted by Gasteiger charge is 2.25. The molecule has 2 aromatic carbocycles. The van der Waals surface area contributed by atoms with Crippen LogP contribution in [-0.2, 0) is 6.54 Å². The van der Waals surface area contributed by atoms with E-state index in [0.29, 0.717) is 49.7 Å². The van der Waals surface area contributed by atoms with Gasteiger partial charge in [0.2, 0.25) is 5.95 Å². The van der Waals surface area contributed by atoms with Crippen molar-refractivity contribution in [2.24, 2.45) is 0 Å². The third kappa shape index (κ3) is 2.62. The number of aromatic nitrogens is 2. The molecule has 3 aromatic rings. The number of halogens is 3. The van der Waals surface area contributed by atoms with E-state index >= 15 is 0 Å². The van der Waals surface area contributed by atoms with Gasteiger partial charge in [-0.05, 0) is 37.1 Å². The molecule has 0 amide bonds. The normalized spacial score (nSPS) is 13.5. The van der Waals surface area contributed by atoms with Crippen molar-refractivity contribution in [1.82, 2.24) is 9.55 Å². The average Bonchev–Trinajstić information content (AvgIpc) is 2.96. The van der Waals surface area contributed by atoms with Gasteiger partial charge in [0.05, 0.1) is 21.1 Å². The van der Waals surface area contributed by atoms with Crippen molar-refractivity contribution in [3.63, 3.8) is 0 Å². The topological polar surface area (TPSA) is 67.1 Å². The summed E-state index contributed by atoms with van der Waals surface area (Å²) in [5.74, 6) is -0.407. The van der Waals surface area contributed by atoms with Crippen LogP contribution in [0.25, 0.3) is 22.2 Å². The molecule has 2 N–H and O–H groups in total. The first kappa shape index (κ1) is 17.5. The molecule has 1 aromatic heterocycles. The van der Waals surface area contributed by atoms with Gasteiger partial charge in [0.25, 0.3) is 0 Å². The molecule has 0 spiro atoms. The predicted molar refractivity (Wildman–Crippen MR) is 105 cm³/mol. The number of benzene rings is 2. The van der Waals surface area contributed by atoms with E-state index < -0.39 is 5.97 Å². The number of nitrogens with one attached hydrogen (secondary N) is 1. The van der Waals surface area contributed by atoms with Crippen molar-refractivity contribution >= 4 is 57.8 Å². The van der Waals surface area contributed by atoms with Crippen LogP contribution in [0.3, 0.4) is 0 Å². The van der Waals surface area contributed by atoms with E-state index in [9.17, 15) is 9.90 Å². The summed E-state index contributed by atoms with van der Waals surface area (Å²) >= 11 is 19.1. The molecule has 0 unspecified atom stereocenters. The smallest absolute Gasteiger partial charge is 0.337 e. The zero-order valence-electron chi connectivity index (χ0n) is 13.7. The summed E-state index contributed by atoms with van der Waals surface area (Å²) in [6.07, 6.45) is 0.888. The zero-order valence-corrected chi connectivity index (χ0v) is 16.0. The molecule has 0 saturated heterocycles. The van der Waals surface area contributed by atoms with Gasteiger partial charge in [0.15, 0.2) is 0 Å². The van der Waals surface area contributed by atoms with Crippen molar-refractivity contribution in [1.29, 1.82) is 0 Å². The van der Waals surface area contributed by atoms with E-state index in [0.717, 1.165) is 18.5 Å². The Morgan fingerprint density at radius 1 is 1.27 bits per heavy atom. The average molecular weight is 411 g/mol. The lowest BCUT2D eigenvalue weighted by Crippen LogP contribution is -2.17. The molecular formula is C18H14Cl3N3O2. The second-order valence-electron chi connectivity index (χ2n) is 6.23. The van der Waals surface area contributed by atoms with Crippen LogP contribution < -0.4 is 5.32 Å². The van der Waals surface area contributed by atoms with Gasteiger partial charge in [-0.15, -0.1) is 0 Å². The number of carboxylic acids is 1. The molecule has 26 heavy (non-hydrogen) atoms. The Bertz CT molecular complexity index is 1050. The van der Waals surface area contributed by atoms with Gasteiger partial charge in [-0.25, -0.2) is 9.78 Å². The Morgan fingerprint density at radius 2 is 2.04 bits per heavy atom. The largest absolute Gasteiger partial charge is 0.478 e. The number of aryl methyl sites for hydroxylation is 2. The fourth-order valence-corrected chi connectivity index (χ4v) is 4.44. The summed E-state index contributed by atoms with van der Waals surface area (Å²) in [7, 11) is 0. The van der Waals surface area contributed by atoms with E-state index in [4.69, 9.17) is 34.8 Å². The SMILES string of the molecule is Cc1cc(Cl)cc(Cl)c1-c1cc(C(=O)O)c2c(nc3n2CCCN3)c1Cl. The number of carbonyl (C=O) groups is 1. The molecule has 2 heterocycles. The lowest BCUT2D eigenvalue weighted by molar-refractivity contribution is 0.0698. The maximum Gasteiger partial charge on any atom is 0.337 e. The highest BCUT2D eigenvalue weighted by Crippen LogP contribution is 2.42. The number of fused-ring (bicyclic) bond motifs is 3. The number of carboxylic acid groups (broad SMARTS) is 1. The maximum atomic E-state index is 12.0. The molecule has 8 heteroatoms. The number of nitrogens with zero attached hydrogens (tertiary/aromatic N) is 2. The summed E-state index contributed by atoms with van der Waals surface area (Å²) in [6, 6.07) is 4.95. The minimum Gasteiger partial charge on any atom is -0.478 e. The first-order chi connectivity index (χ1) is 12.4. The van der Waals surface area contributed by atoms with E-state index in [1.54, 1.807) is 18.2 Å². The van der Waals surface area contributed by atoms with Crippen molar-refractivity contribution in [3.8, 4) is 11.1 Å². The van der Waals surface area contributed by atoms with E-state index in [1.165, 1.54) is 0 Å².